The molecule has 1 aliphatic carbocycles. The molecule has 76 valence electrons. The Balaban J connectivity index is 3.22. The van der Waals surface area contributed by atoms with Crippen molar-refractivity contribution in [3.8, 4) is 0 Å². The Kier molecular flexibility index (Phi) is 3.52. The molecule has 0 aromatic heterocycles. The summed E-state index contributed by atoms with van der Waals surface area (Å²) in [6.45, 7) is 0. The predicted molar refractivity (Wildman–Crippen MR) is 67.6 cm³/mol. The van der Waals surface area contributed by atoms with E-state index in [0.717, 1.165) is 57.3 Å². The fourth-order valence-corrected chi connectivity index (χ4v) is 3.14. The Morgan fingerprint density at radius 2 is 1.54 bits per heavy atom. The first kappa shape index (κ1) is 12.7. The minimum Gasteiger partial charge on any atom is -0.223 e. The van der Waals surface area contributed by atoms with Gasteiger partial charge in [-0.2, -0.15) is 0 Å². The van der Waals surface area contributed by atoms with Crippen LogP contribution in [-0.2, 0) is 0 Å². The third-order valence-electron chi connectivity index (χ3n) is 1.66. The Bertz CT molecular complexity index is 248. The zero-order valence-corrected chi connectivity index (χ0v) is 12.4. The van der Waals surface area contributed by atoms with Crippen LogP contribution in [0.25, 0.3) is 0 Å². The zero-order chi connectivity index (χ0) is 10.5. The van der Waals surface area contributed by atoms with E-state index in [1.54, 1.807) is 0 Å². The first-order chi connectivity index (χ1) is 5.63. The van der Waals surface area contributed by atoms with Crippen LogP contribution in [0, 0.1) is 0 Å². The molecule has 0 aliphatic heterocycles. The minimum atomic E-state index is -3.70. The minimum absolute atomic E-state index is 0.836. The highest BCUT2D eigenvalue weighted by atomic mass is 127. The van der Waals surface area contributed by atoms with Gasteiger partial charge in [0.05, 0.1) is 3.92 Å². The van der Waals surface area contributed by atoms with Gasteiger partial charge in [0.25, 0.3) is 3.68 Å². The standard InChI is InChI=1S/C6H3F4I3/c7-4(12)2-1-3(11)5(8,9)6(4,10)13/h1-3H. The molecule has 13 heavy (non-hydrogen) atoms. The maximum Gasteiger partial charge on any atom is 0.309 e. The summed E-state index contributed by atoms with van der Waals surface area (Å²) in [4.78, 5) is 0. The van der Waals surface area contributed by atoms with E-state index in [1.807, 2.05) is 0 Å². The van der Waals surface area contributed by atoms with E-state index in [2.05, 4.69) is 0 Å². The van der Waals surface area contributed by atoms with Crippen molar-refractivity contribution in [1.82, 2.24) is 0 Å². The summed E-state index contributed by atoms with van der Waals surface area (Å²) < 4.78 is 46.0. The van der Waals surface area contributed by atoms with Gasteiger partial charge in [0.1, 0.15) is 0 Å². The number of allylic oxidation sites excluding steroid dienone is 2. The molecule has 0 heterocycles. The molecule has 3 unspecified atom stereocenters. The van der Waals surface area contributed by atoms with Crippen LogP contribution < -0.4 is 0 Å². The summed E-state index contributed by atoms with van der Waals surface area (Å²) in [6, 6.07) is 0. The molecule has 0 fully saturated rings. The van der Waals surface area contributed by atoms with Crippen LogP contribution >= 0.6 is 67.8 Å². The molecule has 0 saturated carbocycles. The van der Waals surface area contributed by atoms with Gasteiger partial charge >= 0.3 is 5.92 Å². The van der Waals surface area contributed by atoms with Gasteiger partial charge < -0.3 is 0 Å². The van der Waals surface area contributed by atoms with E-state index in [9.17, 15) is 17.6 Å². The Morgan fingerprint density at radius 1 is 1.08 bits per heavy atom. The molecule has 1 aliphatic rings. The van der Waals surface area contributed by atoms with Crippen molar-refractivity contribution < 1.29 is 17.6 Å². The van der Waals surface area contributed by atoms with Crippen LogP contribution in [0.15, 0.2) is 12.2 Å². The van der Waals surface area contributed by atoms with Crippen molar-refractivity contribution in [3.05, 3.63) is 12.2 Å². The summed E-state index contributed by atoms with van der Waals surface area (Å²) in [7, 11) is 0. The maximum atomic E-state index is 13.5. The fraction of sp³-hybridized carbons (Fsp3) is 0.667. The number of rotatable bonds is 0. The third-order valence-corrected chi connectivity index (χ3v) is 6.49. The lowest BCUT2D eigenvalue weighted by Crippen LogP contribution is -2.57. The van der Waals surface area contributed by atoms with Gasteiger partial charge in [-0.05, 0) is 51.3 Å². The van der Waals surface area contributed by atoms with E-state index in [0.29, 0.717) is 0 Å². The molecule has 0 N–H and O–H groups in total. The van der Waals surface area contributed by atoms with Gasteiger partial charge in [0.2, 0.25) is 3.68 Å². The monoisotopic (exact) mass is 532 g/mol. The number of hydrogen-bond acceptors (Lipinski definition) is 0. The summed E-state index contributed by atoms with van der Waals surface area (Å²) in [5, 5.41) is 0. The van der Waals surface area contributed by atoms with Crippen molar-refractivity contribution in [2.24, 2.45) is 0 Å². The number of hydrogen-bond donors (Lipinski definition) is 0. The first-order valence-corrected chi connectivity index (χ1v) is 6.50. The van der Waals surface area contributed by atoms with Crippen LogP contribution in [0.5, 0.6) is 0 Å². The third kappa shape index (κ3) is 1.85. The summed E-state index contributed by atoms with van der Waals surface area (Å²) >= 11 is 3.28. The second-order valence-electron chi connectivity index (χ2n) is 2.58. The lowest BCUT2D eigenvalue weighted by molar-refractivity contribution is -0.100. The topological polar surface area (TPSA) is 0 Å². The van der Waals surface area contributed by atoms with Gasteiger partial charge in [0.15, 0.2) is 0 Å². The molecule has 0 saturated heterocycles. The van der Waals surface area contributed by atoms with E-state index in [-0.39, 0.29) is 0 Å². The molecule has 3 atom stereocenters. The van der Waals surface area contributed by atoms with Crippen LogP contribution in [0.3, 0.4) is 0 Å². The van der Waals surface area contributed by atoms with Crippen molar-refractivity contribution in [1.29, 1.82) is 0 Å². The molecule has 0 amide bonds. The van der Waals surface area contributed by atoms with Crippen LogP contribution in [0.4, 0.5) is 17.6 Å². The second kappa shape index (κ2) is 3.59. The van der Waals surface area contributed by atoms with E-state index >= 15 is 0 Å². The van der Waals surface area contributed by atoms with Gasteiger partial charge in [-0.25, -0.2) is 17.6 Å². The van der Waals surface area contributed by atoms with Crippen molar-refractivity contribution >= 4 is 67.8 Å². The molecular weight excluding hydrogens is 529 g/mol. The average molecular weight is 532 g/mol. The van der Waals surface area contributed by atoms with E-state index in [4.69, 9.17) is 0 Å². The highest BCUT2D eigenvalue weighted by molar-refractivity contribution is 14.1. The molecule has 0 bridgehead atoms. The zero-order valence-electron chi connectivity index (χ0n) is 5.88. The molecule has 7 heteroatoms. The summed E-state index contributed by atoms with van der Waals surface area (Å²) in [5.74, 6) is -3.70. The van der Waals surface area contributed by atoms with Gasteiger partial charge in [-0.1, -0.05) is 28.7 Å². The average Bonchev–Trinajstić information content (AvgIpc) is 1.97. The molecule has 0 aromatic rings. The van der Waals surface area contributed by atoms with Crippen LogP contribution in [0.1, 0.15) is 0 Å². The Hall–Kier alpha value is 1.65. The van der Waals surface area contributed by atoms with Gasteiger partial charge in [-0.15, -0.1) is 0 Å². The Labute approximate surface area is 113 Å². The van der Waals surface area contributed by atoms with Crippen molar-refractivity contribution in [2.45, 2.75) is 17.2 Å². The highest BCUT2D eigenvalue weighted by Crippen LogP contribution is 2.57. The van der Waals surface area contributed by atoms with Gasteiger partial charge in [0, 0.05) is 0 Å². The number of halogens is 7. The SMILES string of the molecule is FC1(I)C=CC(I)C(F)(F)C1(F)I. The van der Waals surface area contributed by atoms with E-state index < -0.39 is 17.2 Å². The van der Waals surface area contributed by atoms with Crippen LogP contribution in [-0.4, -0.2) is 17.2 Å². The molecular formula is C6H3F4I3. The normalized spacial score (nSPS) is 49.3. The van der Waals surface area contributed by atoms with Crippen molar-refractivity contribution in [3.63, 3.8) is 0 Å². The molecule has 0 aromatic carbocycles. The smallest absolute Gasteiger partial charge is 0.223 e. The molecule has 1 rings (SSSR count). The van der Waals surface area contributed by atoms with Crippen LogP contribution in [0.2, 0.25) is 0 Å². The molecule has 0 nitrogen and oxygen atoms in total. The number of alkyl halides is 7. The van der Waals surface area contributed by atoms with E-state index in [1.165, 1.54) is 22.6 Å². The maximum absolute atomic E-state index is 13.5. The highest BCUT2D eigenvalue weighted by Gasteiger charge is 2.69. The summed E-state index contributed by atoms with van der Waals surface area (Å²) in [6.07, 6.45) is 1.83. The largest absolute Gasteiger partial charge is 0.309 e. The molecule has 0 spiro atoms. The fourth-order valence-electron chi connectivity index (χ4n) is 0.826. The predicted octanol–water partition coefficient (Wildman–Crippen LogP) is 4.20. The van der Waals surface area contributed by atoms with Crippen molar-refractivity contribution in [2.75, 3.05) is 0 Å². The van der Waals surface area contributed by atoms with Gasteiger partial charge in [-0.3, -0.25) is 0 Å². The molecule has 0 radical (unpaired) electrons. The quantitative estimate of drug-likeness (QED) is 0.190. The first-order valence-electron chi connectivity index (χ1n) is 3.10. The summed E-state index contributed by atoms with van der Waals surface area (Å²) in [5.41, 5.74) is 0. The Morgan fingerprint density at radius 3 is 1.92 bits per heavy atom. The lowest BCUT2D eigenvalue weighted by Gasteiger charge is -2.39. The lowest BCUT2D eigenvalue weighted by atomic mass is 10.00. The second-order valence-corrected chi connectivity index (χ2v) is 6.98.